The van der Waals surface area contributed by atoms with Crippen LogP contribution in [0, 0.1) is 11.8 Å². The second-order valence-electron chi connectivity index (χ2n) is 8.40. The summed E-state index contributed by atoms with van der Waals surface area (Å²) in [5.41, 5.74) is 2.44. The van der Waals surface area contributed by atoms with E-state index in [1.54, 1.807) is 0 Å². The molecule has 4 aliphatic rings. The summed E-state index contributed by atoms with van der Waals surface area (Å²) in [4.78, 5) is 4.75. The Kier molecular flexibility index (Phi) is 3.14. The molecule has 7 atom stereocenters. The molecule has 0 spiro atoms. The highest BCUT2D eigenvalue weighted by Crippen LogP contribution is 2.59. The maximum absolute atomic E-state index is 11.4. The van der Waals surface area contributed by atoms with E-state index >= 15 is 0 Å². The minimum absolute atomic E-state index is 0.163. The monoisotopic (exact) mass is 328 g/mol. The van der Waals surface area contributed by atoms with Crippen molar-refractivity contribution in [1.82, 2.24) is 4.90 Å². The molecule has 2 saturated heterocycles. The summed E-state index contributed by atoms with van der Waals surface area (Å²) in [7, 11) is 2.18. The Morgan fingerprint density at radius 2 is 2.00 bits per heavy atom. The predicted octanol–water partition coefficient (Wildman–Crippen LogP) is 1.95. The zero-order chi connectivity index (χ0) is 16.6. The third-order valence-electron chi connectivity index (χ3n) is 7.77. The number of anilines is 1. The first-order valence-corrected chi connectivity index (χ1v) is 9.53. The number of hydrogen-bond donors (Lipinski definition) is 2. The normalized spacial score (nSPS) is 46.6. The van der Waals surface area contributed by atoms with Crippen molar-refractivity contribution in [3.05, 3.63) is 29.8 Å². The highest BCUT2D eigenvalue weighted by atomic mass is 16.3. The van der Waals surface area contributed by atoms with Gasteiger partial charge in [0.25, 0.3) is 0 Å². The Bertz CT molecular complexity index is 665. The lowest BCUT2D eigenvalue weighted by atomic mass is 9.65. The molecule has 1 aromatic rings. The van der Waals surface area contributed by atoms with Crippen molar-refractivity contribution in [2.45, 2.75) is 62.4 Å². The molecule has 1 aromatic carbocycles. The van der Waals surface area contributed by atoms with Crippen LogP contribution in [0.3, 0.4) is 0 Å². The van der Waals surface area contributed by atoms with Crippen molar-refractivity contribution >= 4 is 5.69 Å². The smallest absolute Gasteiger partial charge is 0.110 e. The fourth-order valence-electron chi connectivity index (χ4n) is 6.80. The van der Waals surface area contributed by atoms with Gasteiger partial charge < -0.3 is 15.1 Å². The number of benzene rings is 1. The zero-order valence-corrected chi connectivity index (χ0v) is 14.6. The number of nitrogens with zero attached hydrogens (tertiary/aromatic N) is 2. The van der Waals surface area contributed by atoms with Crippen molar-refractivity contribution in [3.8, 4) is 0 Å². The van der Waals surface area contributed by atoms with Crippen molar-refractivity contribution < 1.29 is 10.2 Å². The van der Waals surface area contributed by atoms with Gasteiger partial charge in [-0.25, -0.2) is 0 Å². The predicted molar refractivity (Wildman–Crippen MR) is 93.9 cm³/mol. The van der Waals surface area contributed by atoms with Crippen LogP contribution in [-0.4, -0.2) is 53.1 Å². The number of para-hydroxylation sites is 1. The van der Waals surface area contributed by atoms with Crippen LogP contribution in [0.2, 0.25) is 0 Å². The Morgan fingerprint density at radius 3 is 2.79 bits per heavy atom. The maximum Gasteiger partial charge on any atom is 0.110 e. The Hall–Kier alpha value is -1.10. The fraction of sp³-hybridized carbons (Fsp3) is 0.700. The van der Waals surface area contributed by atoms with E-state index in [1.165, 1.54) is 11.3 Å². The summed E-state index contributed by atoms with van der Waals surface area (Å²) in [6.07, 6.45) is 3.21. The van der Waals surface area contributed by atoms with Crippen LogP contribution in [0.5, 0.6) is 0 Å². The van der Waals surface area contributed by atoms with E-state index in [4.69, 9.17) is 0 Å². The van der Waals surface area contributed by atoms with Crippen LogP contribution in [-0.2, 0) is 5.41 Å². The number of piperidine rings is 2. The van der Waals surface area contributed by atoms with E-state index < -0.39 is 0 Å². The summed E-state index contributed by atoms with van der Waals surface area (Å²) in [5, 5.41) is 22.4. The highest BCUT2D eigenvalue weighted by Gasteiger charge is 2.64. The molecule has 3 fully saturated rings. The zero-order valence-electron chi connectivity index (χ0n) is 14.6. The molecule has 2 N–H and O–H groups in total. The van der Waals surface area contributed by atoms with E-state index in [1.807, 2.05) is 0 Å². The topological polar surface area (TPSA) is 46.9 Å². The van der Waals surface area contributed by atoms with Gasteiger partial charge in [-0.05, 0) is 43.2 Å². The number of aliphatic hydroxyl groups excluding tert-OH is 2. The van der Waals surface area contributed by atoms with Crippen molar-refractivity contribution in [1.29, 1.82) is 0 Å². The van der Waals surface area contributed by atoms with E-state index in [9.17, 15) is 10.2 Å². The molecule has 3 aliphatic heterocycles. The minimum atomic E-state index is -0.348. The van der Waals surface area contributed by atoms with Gasteiger partial charge in [-0.2, -0.15) is 0 Å². The lowest BCUT2D eigenvalue weighted by Crippen LogP contribution is -2.68. The molecule has 4 nitrogen and oxygen atoms in total. The van der Waals surface area contributed by atoms with Gasteiger partial charge in [0.05, 0.1) is 12.1 Å². The van der Waals surface area contributed by atoms with Crippen LogP contribution < -0.4 is 4.90 Å². The molecule has 0 aromatic heterocycles. The molecule has 130 valence electrons. The standard InChI is InChI=1S/C20H28N2O2/c1-3-13-12-10-16-18-20(17(23)11-12,8-9-22(16)19(13)24)14-6-4-5-7-15(14)21(18)2/h4-7,12-13,16-19,23-24H,3,8-11H2,1-2H3/t12-,13+,16+,17-,18+,19-,20+/m1/s1. The molecule has 0 radical (unpaired) electrons. The van der Waals surface area contributed by atoms with Crippen LogP contribution in [0.1, 0.15) is 38.2 Å². The van der Waals surface area contributed by atoms with E-state index in [0.29, 0.717) is 17.9 Å². The molecule has 3 heterocycles. The maximum atomic E-state index is 11.4. The van der Waals surface area contributed by atoms with Gasteiger partial charge >= 0.3 is 0 Å². The summed E-state index contributed by atoms with van der Waals surface area (Å²) in [6.45, 7) is 3.07. The number of rotatable bonds is 1. The lowest BCUT2D eigenvalue weighted by Gasteiger charge is -2.55. The van der Waals surface area contributed by atoms with Crippen molar-refractivity contribution in [2.24, 2.45) is 11.8 Å². The first-order chi connectivity index (χ1) is 11.6. The molecule has 0 amide bonds. The fourth-order valence-corrected chi connectivity index (χ4v) is 6.80. The van der Waals surface area contributed by atoms with Crippen molar-refractivity contribution in [3.63, 3.8) is 0 Å². The number of likely N-dealkylation sites (N-methyl/N-ethyl adjacent to an activating group) is 1. The number of hydrogen-bond acceptors (Lipinski definition) is 4. The number of fused-ring (bicyclic) bond motifs is 2. The second kappa shape index (κ2) is 4.96. The van der Waals surface area contributed by atoms with Gasteiger partial charge in [-0.3, -0.25) is 4.90 Å². The van der Waals surface area contributed by atoms with Crippen LogP contribution >= 0.6 is 0 Å². The van der Waals surface area contributed by atoms with Gasteiger partial charge in [0.2, 0.25) is 0 Å². The summed E-state index contributed by atoms with van der Waals surface area (Å²) in [6, 6.07) is 9.26. The van der Waals surface area contributed by atoms with Crippen LogP contribution in [0.4, 0.5) is 5.69 Å². The molecule has 1 aliphatic carbocycles. The van der Waals surface area contributed by atoms with Crippen LogP contribution in [0.15, 0.2) is 24.3 Å². The Balaban J connectivity index is 1.70. The largest absolute Gasteiger partial charge is 0.392 e. The molecule has 24 heavy (non-hydrogen) atoms. The SMILES string of the molecule is CC[C@H]1[C@H]2C[C@@H](O)[C@@]34CCN([C@@H]1O)[C@@H](C2)[C@@H]3N(C)c1ccccc14. The number of aliphatic hydroxyl groups is 2. The second-order valence-corrected chi connectivity index (χ2v) is 8.40. The lowest BCUT2D eigenvalue weighted by molar-refractivity contribution is -0.134. The van der Waals surface area contributed by atoms with Gasteiger partial charge in [-0.15, -0.1) is 0 Å². The average Bonchev–Trinajstić information content (AvgIpc) is 2.84. The van der Waals surface area contributed by atoms with Gasteiger partial charge in [-0.1, -0.05) is 25.1 Å². The molecule has 0 unspecified atom stereocenters. The quantitative estimate of drug-likeness (QED) is 0.827. The van der Waals surface area contributed by atoms with E-state index in [2.05, 4.69) is 48.0 Å². The van der Waals surface area contributed by atoms with Gasteiger partial charge in [0.15, 0.2) is 0 Å². The molecule has 5 rings (SSSR count). The molecular formula is C20H28N2O2. The Labute approximate surface area is 144 Å². The van der Waals surface area contributed by atoms with Crippen LogP contribution in [0.25, 0.3) is 0 Å². The third kappa shape index (κ3) is 1.60. The summed E-state index contributed by atoms with van der Waals surface area (Å²) < 4.78 is 0. The molecular weight excluding hydrogens is 300 g/mol. The average molecular weight is 328 g/mol. The Morgan fingerprint density at radius 1 is 1.21 bits per heavy atom. The van der Waals surface area contributed by atoms with Gasteiger partial charge in [0, 0.05) is 36.7 Å². The molecule has 1 saturated carbocycles. The first kappa shape index (κ1) is 15.2. The summed E-state index contributed by atoms with van der Waals surface area (Å²) >= 11 is 0. The van der Waals surface area contributed by atoms with E-state index in [0.717, 1.165) is 32.2 Å². The summed E-state index contributed by atoms with van der Waals surface area (Å²) in [5.74, 6) is 0.729. The van der Waals surface area contributed by atoms with E-state index in [-0.39, 0.29) is 23.8 Å². The van der Waals surface area contributed by atoms with Crippen molar-refractivity contribution in [2.75, 3.05) is 18.5 Å². The first-order valence-electron chi connectivity index (χ1n) is 9.53. The third-order valence-corrected chi connectivity index (χ3v) is 7.77. The van der Waals surface area contributed by atoms with Gasteiger partial charge in [0.1, 0.15) is 6.23 Å². The highest BCUT2D eigenvalue weighted by molar-refractivity contribution is 5.66. The molecule has 3 bridgehead atoms. The minimum Gasteiger partial charge on any atom is -0.392 e. The molecule has 4 heteroatoms.